The molecule has 1 atom stereocenters. The zero-order valence-corrected chi connectivity index (χ0v) is 26.1. The highest BCUT2D eigenvalue weighted by molar-refractivity contribution is 7.21. The lowest BCUT2D eigenvalue weighted by molar-refractivity contribution is 0.0740. The van der Waals surface area contributed by atoms with E-state index in [4.69, 9.17) is 47.9 Å². The lowest BCUT2D eigenvalue weighted by Crippen LogP contribution is -2.21. The van der Waals surface area contributed by atoms with E-state index in [9.17, 15) is 10.1 Å². The maximum absolute atomic E-state index is 13.1. The first-order valence-corrected chi connectivity index (χ1v) is 15.5. The molecule has 0 saturated heterocycles. The number of hydrogen-bond donors (Lipinski definition) is 1. The van der Waals surface area contributed by atoms with Crippen LogP contribution in [0, 0.1) is 11.3 Å². The molecule has 0 fully saturated rings. The molecule has 10 heteroatoms. The molecule has 1 unspecified atom stereocenters. The summed E-state index contributed by atoms with van der Waals surface area (Å²) in [6, 6.07) is 18.0. The smallest absolute Gasteiger partial charge is 0.355 e. The van der Waals surface area contributed by atoms with E-state index in [-0.39, 0.29) is 22.1 Å². The highest BCUT2D eigenvalue weighted by atomic mass is 35.5. The summed E-state index contributed by atoms with van der Waals surface area (Å²) in [5.41, 5.74) is 7.94. The molecule has 0 bridgehead atoms. The summed E-state index contributed by atoms with van der Waals surface area (Å²) in [7, 11) is 1.58. The SMILES string of the molecule is CCCCCCCOc1ccc(C2C(C#N)=C(N)Oc3cc(OC(=O)c4sc5cc(Cl)ccc5c4Cl)ccc32)cc1OC. The first-order chi connectivity index (χ1) is 20.8. The van der Waals surface area contributed by atoms with Gasteiger partial charge in [-0.3, -0.25) is 0 Å². The summed E-state index contributed by atoms with van der Waals surface area (Å²) < 4.78 is 23.9. The Kier molecular flexibility index (Phi) is 9.66. The molecule has 3 aromatic carbocycles. The Bertz CT molecular complexity index is 1740. The molecule has 5 rings (SSSR count). The van der Waals surface area contributed by atoms with Gasteiger partial charge in [0.05, 0.1) is 24.7 Å². The van der Waals surface area contributed by atoms with E-state index >= 15 is 0 Å². The maximum Gasteiger partial charge on any atom is 0.355 e. The zero-order valence-electron chi connectivity index (χ0n) is 23.7. The van der Waals surface area contributed by atoms with Gasteiger partial charge in [0.1, 0.15) is 28.0 Å². The number of carbonyl (C=O) groups is 1. The number of methoxy groups -OCH3 is 1. The number of fused-ring (bicyclic) bond motifs is 2. The van der Waals surface area contributed by atoms with E-state index in [1.165, 1.54) is 30.6 Å². The van der Waals surface area contributed by atoms with Gasteiger partial charge in [0, 0.05) is 26.7 Å². The minimum Gasteiger partial charge on any atom is -0.493 e. The predicted molar refractivity (Wildman–Crippen MR) is 170 cm³/mol. The Hall–Kier alpha value is -3.90. The zero-order chi connectivity index (χ0) is 30.5. The van der Waals surface area contributed by atoms with Crippen molar-refractivity contribution >= 4 is 50.6 Å². The fourth-order valence-electron chi connectivity index (χ4n) is 5.04. The van der Waals surface area contributed by atoms with Crippen molar-refractivity contribution in [1.29, 1.82) is 5.26 Å². The number of allylic oxidation sites excluding steroid dienone is 1. The number of rotatable bonds is 11. The second-order valence-corrected chi connectivity index (χ2v) is 11.9. The molecule has 2 heterocycles. The molecule has 1 aromatic heterocycles. The highest BCUT2D eigenvalue weighted by Crippen LogP contribution is 2.45. The largest absolute Gasteiger partial charge is 0.493 e. The minimum atomic E-state index is -0.610. The molecular weight excluding hydrogens is 607 g/mol. The van der Waals surface area contributed by atoms with Crippen LogP contribution in [0.1, 0.15) is 65.7 Å². The molecule has 43 heavy (non-hydrogen) atoms. The van der Waals surface area contributed by atoms with E-state index in [1.54, 1.807) is 43.5 Å². The van der Waals surface area contributed by atoms with Crippen LogP contribution < -0.4 is 24.7 Å². The van der Waals surface area contributed by atoms with Gasteiger partial charge in [-0.15, -0.1) is 11.3 Å². The van der Waals surface area contributed by atoms with Crippen LogP contribution in [-0.2, 0) is 0 Å². The average Bonchev–Trinajstić information content (AvgIpc) is 3.33. The van der Waals surface area contributed by atoms with Gasteiger partial charge < -0.3 is 24.7 Å². The second-order valence-electron chi connectivity index (χ2n) is 10.1. The van der Waals surface area contributed by atoms with Crippen LogP contribution in [0.25, 0.3) is 10.1 Å². The first kappa shape index (κ1) is 30.6. The molecule has 1 aliphatic rings. The quantitative estimate of drug-likeness (QED) is 0.0994. The third-order valence-electron chi connectivity index (χ3n) is 7.20. The van der Waals surface area contributed by atoms with Crippen molar-refractivity contribution in [3.63, 3.8) is 0 Å². The Labute approximate surface area is 264 Å². The van der Waals surface area contributed by atoms with E-state index in [2.05, 4.69) is 13.0 Å². The summed E-state index contributed by atoms with van der Waals surface area (Å²) in [6.07, 6.45) is 5.69. The number of unbranched alkanes of at least 4 members (excludes halogenated alkanes) is 4. The number of nitrogens with zero attached hydrogens (tertiary/aromatic N) is 1. The fraction of sp³-hybridized carbons (Fsp3) is 0.273. The van der Waals surface area contributed by atoms with E-state index in [0.717, 1.165) is 28.5 Å². The van der Waals surface area contributed by atoms with Gasteiger partial charge >= 0.3 is 5.97 Å². The molecule has 7 nitrogen and oxygen atoms in total. The molecule has 2 N–H and O–H groups in total. The summed E-state index contributed by atoms with van der Waals surface area (Å²) in [4.78, 5) is 13.3. The van der Waals surface area contributed by atoms with Crippen molar-refractivity contribution in [3.8, 4) is 29.1 Å². The van der Waals surface area contributed by atoms with Crippen molar-refractivity contribution in [2.24, 2.45) is 5.73 Å². The third-order valence-corrected chi connectivity index (χ3v) is 9.08. The third kappa shape index (κ3) is 6.54. The van der Waals surface area contributed by atoms with Crippen molar-refractivity contribution in [3.05, 3.63) is 92.1 Å². The number of nitriles is 1. The van der Waals surface area contributed by atoms with Gasteiger partial charge in [-0.2, -0.15) is 5.26 Å². The number of nitrogens with two attached hydrogens (primary N) is 1. The number of esters is 1. The molecule has 1 aliphatic heterocycles. The summed E-state index contributed by atoms with van der Waals surface area (Å²) in [5.74, 6) is 0.629. The van der Waals surface area contributed by atoms with Crippen LogP contribution in [0.3, 0.4) is 0 Å². The van der Waals surface area contributed by atoms with Crippen LogP contribution in [0.15, 0.2) is 66.1 Å². The van der Waals surface area contributed by atoms with Gasteiger partial charge in [-0.1, -0.05) is 74.0 Å². The van der Waals surface area contributed by atoms with Crippen molar-refractivity contribution in [2.45, 2.75) is 44.9 Å². The van der Waals surface area contributed by atoms with Gasteiger partial charge in [-0.25, -0.2) is 4.79 Å². The number of halogens is 2. The molecule has 0 radical (unpaired) electrons. The van der Waals surface area contributed by atoms with Crippen molar-refractivity contribution < 1.29 is 23.7 Å². The Morgan fingerprint density at radius 3 is 2.63 bits per heavy atom. The van der Waals surface area contributed by atoms with E-state index in [0.29, 0.717) is 39.5 Å². The first-order valence-electron chi connectivity index (χ1n) is 14.0. The fourth-order valence-corrected chi connectivity index (χ4v) is 6.70. The second kappa shape index (κ2) is 13.6. The standard InChI is InChI=1S/C33H30Cl2N2O5S/c1-3-4-5-6-7-14-40-25-13-8-19(15-27(25)39-2)29-22-12-10-21(17-26(22)42-32(37)24(29)18-36)41-33(38)31-30(35)23-11-9-20(34)16-28(23)43-31/h8-13,15-17,29H,3-7,14,37H2,1-2H3. The van der Waals surface area contributed by atoms with Gasteiger partial charge in [0.2, 0.25) is 5.88 Å². The lowest BCUT2D eigenvalue weighted by atomic mass is 9.83. The van der Waals surface area contributed by atoms with Gasteiger partial charge in [0.15, 0.2) is 11.5 Å². The summed E-state index contributed by atoms with van der Waals surface area (Å²) in [6.45, 7) is 2.78. The number of ether oxygens (including phenoxy) is 4. The highest BCUT2D eigenvalue weighted by Gasteiger charge is 2.32. The topological polar surface area (TPSA) is 104 Å². The van der Waals surface area contributed by atoms with Crippen LogP contribution >= 0.6 is 34.5 Å². The van der Waals surface area contributed by atoms with Crippen LogP contribution in [0.5, 0.6) is 23.0 Å². The number of thiophene rings is 1. The Morgan fingerprint density at radius 2 is 1.86 bits per heavy atom. The molecule has 0 aliphatic carbocycles. The summed E-state index contributed by atoms with van der Waals surface area (Å²) in [5, 5.41) is 11.6. The maximum atomic E-state index is 13.1. The monoisotopic (exact) mass is 636 g/mol. The molecule has 0 saturated carbocycles. The Morgan fingerprint density at radius 1 is 1.05 bits per heavy atom. The normalized spacial score (nSPS) is 14.2. The number of hydrogen-bond acceptors (Lipinski definition) is 8. The number of carbonyl (C=O) groups excluding carboxylic acids is 1. The predicted octanol–water partition coefficient (Wildman–Crippen LogP) is 9.00. The van der Waals surface area contributed by atoms with Gasteiger partial charge in [0.25, 0.3) is 0 Å². The Balaban J connectivity index is 1.39. The van der Waals surface area contributed by atoms with Crippen LogP contribution in [-0.4, -0.2) is 19.7 Å². The molecule has 4 aromatic rings. The average molecular weight is 638 g/mol. The number of benzene rings is 3. The lowest BCUT2D eigenvalue weighted by Gasteiger charge is -2.27. The van der Waals surface area contributed by atoms with Crippen molar-refractivity contribution in [1.82, 2.24) is 0 Å². The van der Waals surface area contributed by atoms with Gasteiger partial charge in [-0.05, 0) is 42.3 Å². The summed E-state index contributed by atoms with van der Waals surface area (Å²) >= 11 is 13.8. The minimum absolute atomic E-state index is 0.0284. The molecule has 222 valence electrons. The van der Waals surface area contributed by atoms with E-state index < -0.39 is 11.9 Å². The van der Waals surface area contributed by atoms with Crippen LogP contribution in [0.4, 0.5) is 0 Å². The van der Waals surface area contributed by atoms with E-state index in [1.807, 2.05) is 18.2 Å². The molecular formula is C33H30Cl2N2O5S. The van der Waals surface area contributed by atoms with Crippen LogP contribution in [0.2, 0.25) is 10.0 Å². The molecule has 0 spiro atoms. The molecule has 0 amide bonds. The van der Waals surface area contributed by atoms with Crippen molar-refractivity contribution in [2.75, 3.05) is 13.7 Å².